The van der Waals surface area contributed by atoms with Gasteiger partial charge in [0.05, 0.1) is 6.61 Å². The van der Waals surface area contributed by atoms with Crippen molar-refractivity contribution in [3.8, 4) is 0 Å². The van der Waals surface area contributed by atoms with Gasteiger partial charge in [-0.3, -0.25) is 0 Å². The standard InChI is InChI=1S/C12H19NO/c1-9-7-11(3)12(8-10(9)2)13(4)5-6-14/h7-8,14H,5-6H2,1-4H3. The lowest BCUT2D eigenvalue weighted by molar-refractivity contribution is 0.304. The van der Waals surface area contributed by atoms with E-state index in [4.69, 9.17) is 5.11 Å². The van der Waals surface area contributed by atoms with Crippen LogP contribution in [-0.4, -0.2) is 25.3 Å². The van der Waals surface area contributed by atoms with Crippen LogP contribution in [0.25, 0.3) is 0 Å². The lowest BCUT2D eigenvalue weighted by Gasteiger charge is -2.21. The predicted octanol–water partition coefficient (Wildman–Crippen LogP) is 2.04. The van der Waals surface area contributed by atoms with Gasteiger partial charge in [-0.2, -0.15) is 0 Å². The number of nitrogens with zero attached hydrogens (tertiary/aromatic N) is 1. The van der Waals surface area contributed by atoms with Gasteiger partial charge in [-0.25, -0.2) is 0 Å². The molecule has 0 aromatic heterocycles. The van der Waals surface area contributed by atoms with Gasteiger partial charge in [-0.1, -0.05) is 6.07 Å². The largest absolute Gasteiger partial charge is 0.395 e. The molecule has 1 rings (SSSR count). The summed E-state index contributed by atoms with van der Waals surface area (Å²) in [5.41, 5.74) is 5.10. The number of likely N-dealkylation sites (N-methyl/N-ethyl adjacent to an activating group) is 1. The van der Waals surface area contributed by atoms with Crippen LogP contribution in [0.1, 0.15) is 16.7 Å². The Labute approximate surface area is 86.2 Å². The Balaban J connectivity index is 3.02. The summed E-state index contributed by atoms with van der Waals surface area (Å²) >= 11 is 0. The molecular formula is C12H19NO. The summed E-state index contributed by atoms with van der Waals surface area (Å²) in [6, 6.07) is 4.37. The number of hydrogen-bond donors (Lipinski definition) is 1. The fourth-order valence-corrected chi connectivity index (χ4v) is 1.63. The van der Waals surface area contributed by atoms with Gasteiger partial charge >= 0.3 is 0 Å². The highest BCUT2D eigenvalue weighted by atomic mass is 16.3. The van der Waals surface area contributed by atoms with Crippen LogP contribution in [0.2, 0.25) is 0 Å². The van der Waals surface area contributed by atoms with E-state index < -0.39 is 0 Å². The summed E-state index contributed by atoms with van der Waals surface area (Å²) in [5.74, 6) is 0. The van der Waals surface area contributed by atoms with Crippen molar-refractivity contribution >= 4 is 5.69 Å². The van der Waals surface area contributed by atoms with Crippen LogP contribution >= 0.6 is 0 Å². The number of aliphatic hydroxyl groups excluding tert-OH is 1. The molecule has 0 unspecified atom stereocenters. The minimum Gasteiger partial charge on any atom is -0.395 e. The molecule has 0 bridgehead atoms. The molecule has 2 heteroatoms. The zero-order valence-corrected chi connectivity index (χ0v) is 9.46. The quantitative estimate of drug-likeness (QED) is 0.794. The first-order valence-electron chi connectivity index (χ1n) is 4.96. The number of rotatable bonds is 3. The first kappa shape index (κ1) is 11.1. The summed E-state index contributed by atoms with van der Waals surface area (Å²) in [6.07, 6.45) is 0. The van der Waals surface area contributed by atoms with Crippen LogP contribution < -0.4 is 4.90 Å². The highest BCUT2D eigenvalue weighted by Crippen LogP contribution is 2.22. The third-order valence-corrected chi connectivity index (χ3v) is 2.66. The normalized spacial score (nSPS) is 10.4. The van der Waals surface area contributed by atoms with Crippen molar-refractivity contribution < 1.29 is 5.11 Å². The van der Waals surface area contributed by atoms with E-state index in [1.165, 1.54) is 22.4 Å². The molecule has 1 aromatic carbocycles. The molecule has 1 aromatic rings. The van der Waals surface area contributed by atoms with Crippen LogP contribution in [0.5, 0.6) is 0 Å². The lowest BCUT2D eigenvalue weighted by atomic mass is 10.0. The van der Waals surface area contributed by atoms with Gasteiger partial charge in [0, 0.05) is 19.3 Å². The average molecular weight is 193 g/mol. The highest BCUT2D eigenvalue weighted by molar-refractivity contribution is 5.56. The minimum absolute atomic E-state index is 0.197. The van der Waals surface area contributed by atoms with Crippen molar-refractivity contribution in [2.24, 2.45) is 0 Å². The summed E-state index contributed by atoms with van der Waals surface area (Å²) in [4.78, 5) is 2.09. The lowest BCUT2D eigenvalue weighted by Crippen LogP contribution is -2.22. The van der Waals surface area contributed by atoms with Crippen molar-refractivity contribution in [2.45, 2.75) is 20.8 Å². The van der Waals surface area contributed by atoms with Gasteiger partial charge in [0.1, 0.15) is 0 Å². The third kappa shape index (κ3) is 2.26. The van der Waals surface area contributed by atoms with Crippen LogP contribution in [0.4, 0.5) is 5.69 Å². The minimum atomic E-state index is 0.197. The molecule has 78 valence electrons. The first-order chi connectivity index (χ1) is 6.56. The van der Waals surface area contributed by atoms with E-state index in [1.54, 1.807) is 0 Å². The second kappa shape index (κ2) is 4.47. The van der Waals surface area contributed by atoms with E-state index in [-0.39, 0.29) is 6.61 Å². The SMILES string of the molecule is Cc1cc(C)c(N(C)CCO)cc1C. The Bertz CT molecular complexity index is 320. The van der Waals surface area contributed by atoms with E-state index >= 15 is 0 Å². The molecule has 0 heterocycles. The van der Waals surface area contributed by atoms with E-state index in [2.05, 4.69) is 37.8 Å². The van der Waals surface area contributed by atoms with Crippen LogP contribution in [0.15, 0.2) is 12.1 Å². The summed E-state index contributed by atoms with van der Waals surface area (Å²) < 4.78 is 0. The van der Waals surface area contributed by atoms with Crippen LogP contribution in [-0.2, 0) is 0 Å². The van der Waals surface area contributed by atoms with Gasteiger partial charge in [-0.15, -0.1) is 0 Å². The molecule has 2 nitrogen and oxygen atoms in total. The zero-order chi connectivity index (χ0) is 10.7. The maximum Gasteiger partial charge on any atom is 0.0606 e. The molecule has 1 N–H and O–H groups in total. The fourth-order valence-electron chi connectivity index (χ4n) is 1.63. The Hall–Kier alpha value is -1.02. The molecular weight excluding hydrogens is 174 g/mol. The predicted molar refractivity (Wildman–Crippen MR) is 61.0 cm³/mol. The second-order valence-electron chi connectivity index (χ2n) is 3.87. The molecule has 0 amide bonds. The van der Waals surface area contributed by atoms with Crippen LogP contribution in [0.3, 0.4) is 0 Å². The van der Waals surface area contributed by atoms with Crippen molar-refractivity contribution in [3.05, 3.63) is 28.8 Å². The smallest absolute Gasteiger partial charge is 0.0606 e. The monoisotopic (exact) mass is 193 g/mol. The maximum atomic E-state index is 8.87. The number of aliphatic hydroxyl groups is 1. The van der Waals surface area contributed by atoms with Gasteiger partial charge in [0.25, 0.3) is 0 Å². The van der Waals surface area contributed by atoms with Gasteiger partial charge in [-0.05, 0) is 43.5 Å². The molecule has 14 heavy (non-hydrogen) atoms. The van der Waals surface area contributed by atoms with E-state index in [0.717, 1.165) is 0 Å². The molecule has 0 radical (unpaired) electrons. The number of benzene rings is 1. The van der Waals surface area contributed by atoms with Gasteiger partial charge < -0.3 is 10.0 Å². The fraction of sp³-hybridized carbons (Fsp3) is 0.500. The Morgan fingerprint density at radius 3 is 2.21 bits per heavy atom. The van der Waals surface area contributed by atoms with E-state index in [1.807, 2.05) is 7.05 Å². The average Bonchev–Trinajstić information content (AvgIpc) is 2.11. The summed E-state index contributed by atoms with van der Waals surface area (Å²) in [5, 5.41) is 8.87. The molecule has 0 spiro atoms. The molecule has 0 aliphatic heterocycles. The third-order valence-electron chi connectivity index (χ3n) is 2.66. The van der Waals surface area contributed by atoms with Crippen LogP contribution in [0, 0.1) is 20.8 Å². The van der Waals surface area contributed by atoms with Crippen molar-refractivity contribution in [1.29, 1.82) is 0 Å². The first-order valence-corrected chi connectivity index (χ1v) is 4.96. The molecule has 0 atom stereocenters. The number of hydrogen-bond acceptors (Lipinski definition) is 2. The Morgan fingerprint density at radius 1 is 1.07 bits per heavy atom. The maximum absolute atomic E-state index is 8.87. The topological polar surface area (TPSA) is 23.5 Å². The molecule has 0 saturated heterocycles. The Morgan fingerprint density at radius 2 is 1.64 bits per heavy atom. The number of anilines is 1. The van der Waals surface area contributed by atoms with Crippen molar-refractivity contribution in [3.63, 3.8) is 0 Å². The highest BCUT2D eigenvalue weighted by Gasteiger charge is 2.05. The summed E-state index contributed by atoms with van der Waals surface area (Å²) in [6.45, 7) is 7.23. The van der Waals surface area contributed by atoms with Gasteiger partial charge in [0.15, 0.2) is 0 Å². The van der Waals surface area contributed by atoms with Crippen molar-refractivity contribution in [2.75, 3.05) is 25.1 Å². The molecule has 0 aliphatic rings. The molecule has 0 fully saturated rings. The molecule has 0 aliphatic carbocycles. The second-order valence-corrected chi connectivity index (χ2v) is 3.87. The van der Waals surface area contributed by atoms with E-state index in [9.17, 15) is 0 Å². The van der Waals surface area contributed by atoms with Crippen molar-refractivity contribution in [1.82, 2.24) is 0 Å². The Kier molecular flexibility index (Phi) is 3.53. The summed E-state index contributed by atoms with van der Waals surface area (Å²) in [7, 11) is 2.01. The zero-order valence-electron chi connectivity index (χ0n) is 9.46. The molecule has 0 saturated carbocycles. The van der Waals surface area contributed by atoms with E-state index in [0.29, 0.717) is 6.54 Å². The van der Waals surface area contributed by atoms with Gasteiger partial charge in [0.2, 0.25) is 0 Å². The number of aryl methyl sites for hydroxylation is 3.